The van der Waals surface area contributed by atoms with Gasteiger partial charge in [-0.15, -0.1) is 0 Å². The second-order valence-electron chi connectivity index (χ2n) is 3.40. The Bertz CT molecular complexity index is 430. The maximum Gasteiger partial charge on any atom is 0.416 e. The molecule has 7 nitrogen and oxygen atoms in total. The highest BCUT2D eigenvalue weighted by molar-refractivity contribution is 5.84. The number of amides is 2. The van der Waals surface area contributed by atoms with Gasteiger partial charge in [0.2, 0.25) is 5.91 Å². The fourth-order valence-electron chi connectivity index (χ4n) is 1.19. The average molecular weight is 252 g/mol. The Balaban J connectivity index is 2.69. The molecule has 0 unspecified atom stereocenters. The smallest absolute Gasteiger partial charge is 0.416 e. The molecule has 0 aromatic heterocycles. The number of aliphatic carboxylic acids is 1. The predicted molar refractivity (Wildman–Crippen MR) is 60.9 cm³/mol. The van der Waals surface area contributed by atoms with Crippen LogP contribution < -0.4 is 10.5 Å². The maximum atomic E-state index is 11.6. The van der Waals surface area contributed by atoms with Crippen LogP contribution in [0.15, 0.2) is 30.3 Å². The number of hydrogen-bond acceptors (Lipinski definition) is 4. The molecule has 2 amide bonds. The monoisotopic (exact) mass is 252 g/mol. The molecule has 0 atom stereocenters. The quantitative estimate of drug-likeness (QED) is 0.769. The second-order valence-corrected chi connectivity index (χ2v) is 3.40. The van der Waals surface area contributed by atoms with Crippen LogP contribution in [-0.2, 0) is 9.59 Å². The standard InChI is InChI=1S/C11H12N2O5/c12-9(14)6-13(7-10(15)16)11(17)18-8-4-2-1-3-5-8/h1-5H,6-7H2,(H2,12,14)(H,15,16). The number of carbonyl (C=O) groups excluding carboxylic acids is 2. The third-order valence-corrected chi connectivity index (χ3v) is 1.88. The number of nitrogens with two attached hydrogens (primary N) is 1. The van der Waals surface area contributed by atoms with Gasteiger partial charge in [0.25, 0.3) is 0 Å². The van der Waals surface area contributed by atoms with E-state index in [4.69, 9.17) is 15.6 Å². The Hall–Kier alpha value is -2.57. The molecule has 1 rings (SSSR count). The van der Waals surface area contributed by atoms with Gasteiger partial charge in [-0.05, 0) is 12.1 Å². The highest BCUT2D eigenvalue weighted by atomic mass is 16.6. The van der Waals surface area contributed by atoms with E-state index < -0.39 is 31.1 Å². The predicted octanol–water partition coefficient (Wildman–Crippen LogP) is 0.0573. The van der Waals surface area contributed by atoms with Gasteiger partial charge in [0, 0.05) is 0 Å². The first-order chi connectivity index (χ1) is 8.49. The first kappa shape index (κ1) is 13.5. The number of rotatable bonds is 5. The summed E-state index contributed by atoms with van der Waals surface area (Å²) in [6, 6.07) is 8.09. The third-order valence-electron chi connectivity index (χ3n) is 1.88. The molecule has 0 aliphatic heterocycles. The fourth-order valence-corrected chi connectivity index (χ4v) is 1.19. The van der Waals surface area contributed by atoms with Crippen molar-refractivity contribution >= 4 is 18.0 Å². The van der Waals surface area contributed by atoms with E-state index in [1.54, 1.807) is 18.2 Å². The molecule has 96 valence electrons. The van der Waals surface area contributed by atoms with Gasteiger partial charge in [-0.3, -0.25) is 14.5 Å². The van der Waals surface area contributed by atoms with Gasteiger partial charge in [-0.2, -0.15) is 0 Å². The van der Waals surface area contributed by atoms with E-state index in [1.165, 1.54) is 12.1 Å². The van der Waals surface area contributed by atoms with Gasteiger partial charge in [-0.25, -0.2) is 4.79 Å². The Morgan fingerprint density at radius 3 is 2.28 bits per heavy atom. The highest BCUT2D eigenvalue weighted by Gasteiger charge is 2.20. The van der Waals surface area contributed by atoms with Crippen molar-refractivity contribution < 1.29 is 24.2 Å². The number of benzene rings is 1. The van der Waals surface area contributed by atoms with Crippen LogP contribution in [0.5, 0.6) is 5.75 Å². The van der Waals surface area contributed by atoms with Gasteiger partial charge >= 0.3 is 12.1 Å². The molecule has 0 heterocycles. The molecule has 0 aliphatic rings. The summed E-state index contributed by atoms with van der Waals surface area (Å²) in [5, 5.41) is 8.61. The minimum atomic E-state index is -1.26. The first-order valence-corrected chi connectivity index (χ1v) is 5.01. The van der Waals surface area contributed by atoms with Gasteiger partial charge in [0.1, 0.15) is 18.8 Å². The molecule has 0 saturated heterocycles. The Morgan fingerprint density at radius 1 is 1.17 bits per heavy atom. The SMILES string of the molecule is NC(=O)CN(CC(=O)O)C(=O)Oc1ccccc1. The number of para-hydroxylation sites is 1. The number of carboxylic acid groups (broad SMARTS) is 1. The summed E-state index contributed by atoms with van der Waals surface area (Å²) in [6.45, 7) is -1.17. The van der Waals surface area contributed by atoms with Crippen molar-refractivity contribution in [2.24, 2.45) is 5.73 Å². The van der Waals surface area contributed by atoms with E-state index in [-0.39, 0.29) is 5.75 Å². The van der Waals surface area contributed by atoms with Crippen molar-refractivity contribution in [1.29, 1.82) is 0 Å². The zero-order valence-corrected chi connectivity index (χ0v) is 9.41. The molecule has 7 heteroatoms. The summed E-state index contributed by atoms with van der Waals surface area (Å²) in [4.78, 5) is 33.6. The number of primary amides is 1. The Kier molecular flexibility index (Phi) is 4.67. The molecular formula is C11H12N2O5. The molecule has 1 aromatic carbocycles. The summed E-state index contributed by atoms with van der Waals surface area (Å²) >= 11 is 0. The molecule has 0 radical (unpaired) electrons. The van der Waals surface area contributed by atoms with Crippen molar-refractivity contribution in [3.8, 4) is 5.75 Å². The van der Waals surface area contributed by atoms with Crippen LogP contribution in [-0.4, -0.2) is 41.1 Å². The zero-order chi connectivity index (χ0) is 13.5. The number of hydrogen-bond donors (Lipinski definition) is 2. The lowest BCUT2D eigenvalue weighted by atomic mass is 10.3. The van der Waals surface area contributed by atoms with Crippen LogP contribution in [0.2, 0.25) is 0 Å². The van der Waals surface area contributed by atoms with Crippen molar-refractivity contribution in [3.05, 3.63) is 30.3 Å². The van der Waals surface area contributed by atoms with Gasteiger partial charge in [-0.1, -0.05) is 18.2 Å². The highest BCUT2D eigenvalue weighted by Crippen LogP contribution is 2.10. The lowest BCUT2D eigenvalue weighted by Gasteiger charge is -2.18. The van der Waals surface area contributed by atoms with Crippen LogP contribution in [0.25, 0.3) is 0 Å². The molecule has 3 N–H and O–H groups in total. The van der Waals surface area contributed by atoms with Crippen LogP contribution >= 0.6 is 0 Å². The van der Waals surface area contributed by atoms with Crippen LogP contribution in [0.1, 0.15) is 0 Å². The molecular weight excluding hydrogens is 240 g/mol. The molecule has 0 fully saturated rings. The van der Waals surface area contributed by atoms with E-state index in [2.05, 4.69) is 0 Å². The molecule has 0 spiro atoms. The normalized spacial score (nSPS) is 9.56. The van der Waals surface area contributed by atoms with E-state index >= 15 is 0 Å². The summed E-state index contributed by atoms with van der Waals surface area (Å²) < 4.78 is 4.89. The van der Waals surface area contributed by atoms with E-state index in [9.17, 15) is 14.4 Å². The number of nitrogens with zero attached hydrogens (tertiary/aromatic N) is 1. The lowest BCUT2D eigenvalue weighted by Crippen LogP contribution is -2.42. The number of ether oxygens (including phenoxy) is 1. The first-order valence-electron chi connectivity index (χ1n) is 5.01. The van der Waals surface area contributed by atoms with Gasteiger partial charge < -0.3 is 15.6 Å². The molecule has 18 heavy (non-hydrogen) atoms. The van der Waals surface area contributed by atoms with Crippen molar-refractivity contribution in [2.45, 2.75) is 0 Å². The molecule has 0 saturated carbocycles. The van der Waals surface area contributed by atoms with Crippen LogP contribution in [0.3, 0.4) is 0 Å². The minimum absolute atomic E-state index is 0.252. The largest absolute Gasteiger partial charge is 0.480 e. The second kappa shape index (κ2) is 6.24. The van der Waals surface area contributed by atoms with Gasteiger partial charge in [0.15, 0.2) is 0 Å². The fraction of sp³-hybridized carbons (Fsp3) is 0.182. The lowest BCUT2D eigenvalue weighted by molar-refractivity contribution is -0.138. The van der Waals surface area contributed by atoms with Crippen molar-refractivity contribution in [2.75, 3.05) is 13.1 Å². The summed E-state index contributed by atoms with van der Waals surface area (Å²) in [5.74, 6) is -1.83. The summed E-state index contributed by atoms with van der Waals surface area (Å²) in [5.41, 5.74) is 4.92. The number of carboxylic acids is 1. The minimum Gasteiger partial charge on any atom is -0.480 e. The van der Waals surface area contributed by atoms with Crippen molar-refractivity contribution in [1.82, 2.24) is 4.90 Å². The van der Waals surface area contributed by atoms with Gasteiger partial charge in [0.05, 0.1) is 0 Å². The maximum absolute atomic E-state index is 11.6. The Labute approximate surface area is 103 Å². The third kappa shape index (κ3) is 4.52. The van der Waals surface area contributed by atoms with E-state index in [0.717, 1.165) is 0 Å². The number of carbonyl (C=O) groups is 3. The summed E-state index contributed by atoms with van der Waals surface area (Å²) in [7, 11) is 0. The summed E-state index contributed by atoms with van der Waals surface area (Å²) in [6.07, 6.45) is -0.942. The van der Waals surface area contributed by atoms with E-state index in [1.807, 2.05) is 0 Å². The van der Waals surface area contributed by atoms with Crippen molar-refractivity contribution in [3.63, 3.8) is 0 Å². The van der Waals surface area contributed by atoms with Crippen LogP contribution in [0, 0.1) is 0 Å². The van der Waals surface area contributed by atoms with E-state index in [0.29, 0.717) is 4.90 Å². The van der Waals surface area contributed by atoms with Crippen LogP contribution in [0.4, 0.5) is 4.79 Å². The average Bonchev–Trinajstić information content (AvgIpc) is 2.28. The Morgan fingerprint density at radius 2 is 1.78 bits per heavy atom. The topological polar surface area (TPSA) is 110 Å². The molecule has 1 aromatic rings. The molecule has 0 bridgehead atoms. The molecule has 0 aliphatic carbocycles. The zero-order valence-electron chi connectivity index (χ0n) is 9.41.